The largest absolute Gasteiger partial charge is 0.508 e. The normalized spacial score (nSPS) is 26.2. The number of aromatic hydroxyl groups is 1. The minimum Gasteiger partial charge on any atom is -0.508 e. The summed E-state index contributed by atoms with van der Waals surface area (Å²) in [5.41, 5.74) is 4.67. The summed E-state index contributed by atoms with van der Waals surface area (Å²) in [6, 6.07) is 19.2. The smallest absolute Gasteiger partial charge is 0.251 e. The van der Waals surface area contributed by atoms with Crippen molar-refractivity contribution in [2.75, 3.05) is 54.0 Å². The number of nitrogens with zero attached hydrogens (tertiary/aromatic N) is 3. The van der Waals surface area contributed by atoms with Crippen LogP contribution in [0.25, 0.3) is 11.1 Å². The molecule has 0 saturated carbocycles. The third kappa shape index (κ3) is 19.6. The minimum atomic E-state index is -2.16. The highest BCUT2D eigenvalue weighted by Crippen LogP contribution is 2.31. The predicted molar refractivity (Wildman–Crippen MR) is 332 cm³/mol. The molecule has 0 bridgehead atoms. The number of quaternary nitrogens is 1. The Labute approximate surface area is 525 Å². The maximum Gasteiger partial charge on any atom is 0.251 e. The minimum absolute atomic E-state index is 0.0169. The topological polar surface area (TPSA) is 354 Å². The van der Waals surface area contributed by atoms with E-state index in [1.54, 1.807) is 19.1 Å². The van der Waals surface area contributed by atoms with Gasteiger partial charge < -0.3 is 85.9 Å². The van der Waals surface area contributed by atoms with Gasteiger partial charge in [-0.2, -0.15) is 0 Å². The first-order valence-corrected chi connectivity index (χ1v) is 30.7. The maximum absolute atomic E-state index is 14.5. The number of aliphatic hydroxyl groups is 7. The first kappa shape index (κ1) is 71.7. The fourth-order valence-electron chi connectivity index (χ4n) is 10.9. The molecule has 3 aliphatic rings. The van der Waals surface area contributed by atoms with Gasteiger partial charge in [-0.05, 0) is 87.2 Å². The van der Waals surface area contributed by atoms with Crippen molar-refractivity contribution in [2.24, 2.45) is 11.8 Å². The van der Waals surface area contributed by atoms with Crippen LogP contribution < -0.4 is 26.0 Å². The number of amides is 6. The Morgan fingerprint density at radius 1 is 0.689 bits per heavy atom. The van der Waals surface area contributed by atoms with E-state index in [1.807, 2.05) is 21.1 Å². The van der Waals surface area contributed by atoms with Crippen molar-refractivity contribution in [3.63, 3.8) is 0 Å². The molecule has 0 aromatic heterocycles. The van der Waals surface area contributed by atoms with Crippen molar-refractivity contribution in [2.45, 2.75) is 159 Å². The quantitative estimate of drug-likeness (QED) is 0.0527. The molecule has 492 valence electrons. The highest BCUT2D eigenvalue weighted by atomic mass is 16.5. The molecule has 3 heterocycles. The summed E-state index contributed by atoms with van der Waals surface area (Å²) < 4.78 is 12.1. The third-order valence-electron chi connectivity index (χ3n) is 16.4. The number of nitrogens with one attached hydrogen (secondary N) is 4. The molecule has 15 atom stereocenters. The Hall–Kier alpha value is -7.39. The summed E-state index contributed by atoms with van der Waals surface area (Å²) in [4.78, 5) is 102. The van der Waals surface area contributed by atoms with Crippen LogP contribution in [0, 0.1) is 25.7 Å². The van der Waals surface area contributed by atoms with Crippen LogP contribution in [-0.4, -0.2) is 223 Å². The first-order chi connectivity index (χ1) is 42.5. The lowest BCUT2D eigenvalue weighted by Crippen LogP contribution is -2.61. The van der Waals surface area contributed by atoms with E-state index in [9.17, 15) is 74.4 Å². The molecule has 12 N–H and O–H groups in total. The average Bonchev–Trinajstić information content (AvgIpc) is 1.63. The molecule has 24 nitrogen and oxygen atoms in total. The zero-order valence-corrected chi connectivity index (χ0v) is 52.8. The second kappa shape index (κ2) is 32.6. The molecule has 0 spiro atoms. The van der Waals surface area contributed by atoms with E-state index in [0.717, 1.165) is 48.0 Å². The number of hydrogen-bond donors (Lipinski definition) is 12. The molecule has 3 fully saturated rings. The summed E-state index contributed by atoms with van der Waals surface area (Å²) in [7, 11) is 5.52. The number of hydrogen-bond acceptors (Lipinski definition) is 17. The van der Waals surface area contributed by atoms with Gasteiger partial charge in [0.05, 0.1) is 76.8 Å². The number of aryl methyl sites for hydroxylation is 2. The number of phenols is 1. The van der Waals surface area contributed by atoms with Crippen molar-refractivity contribution in [3.8, 4) is 22.6 Å². The van der Waals surface area contributed by atoms with Crippen LogP contribution in [0.4, 0.5) is 0 Å². The van der Waals surface area contributed by atoms with Crippen LogP contribution >= 0.6 is 0 Å². The van der Waals surface area contributed by atoms with Crippen LogP contribution in [-0.2, 0) is 33.5 Å². The van der Waals surface area contributed by atoms with Crippen LogP contribution in [0.15, 0.2) is 97.1 Å². The zero-order valence-electron chi connectivity index (χ0n) is 52.8. The Morgan fingerprint density at radius 3 is 1.81 bits per heavy atom. The molecule has 90 heavy (non-hydrogen) atoms. The predicted octanol–water partition coefficient (Wildman–Crippen LogP) is 1.53. The number of ether oxygens (including phenoxy) is 2. The number of carbonyl (C=O) groups is 7. The number of ketones is 1. The highest BCUT2D eigenvalue weighted by Gasteiger charge is 2.50. The molecule has 4 aromatic carbocycles. The van der Waals surface area contributed by atoms with E-state index >= 15 is 0 Å². The van der Waals surface area contributed by atoms with Crippen LogP contribution in [0.1, 0.15) is 99.4 Å². The lowest BCUT2D eigenvalue weighted by molar-refractivity contribution is -0.870. The number of rotatable bonds is 17. The molecule has 7 rings (SSSR count). The second-order valence-corrected chi connectivity index (χ2v) is 25.0. The number of Topliss-reactive ketones (excluding diaryl/α,β-unsaturated/α-hetero) is 1. The fraction of sp³-hybridized carbons (Fsp3) is 0.530. The SMILES string of the molecule is CCCCCOc1ccc(-c2ccc(C)cc2)cc1.Cc1ccc(C(=O)N[C@H]2C[C@@H](O)[C@@H](OCC[N+](C)(C)C)NC(=O)[C@@H]3[C@@H](O)[C@@H](C)CN3C(=O)[C@H]([C@@H](C)O)NC(=O)[C@H]([C@H](O)[C@@H](O)c3ccc(O)cc3)CC(=O)[C@@H]3C[C@@H](O)CN3C(=O)[C@H]([C@@H](C)O)NC2=O)cc1. The van der Waals surface area contributed by atoms with Crippen LogP contribution in [0.3, 0.4) is 0 Å². The van der Waals surface area contributed by atoms with Gasteiger partial charge in [-0.15, -0.1) is 0 Å². The van der Waals surface area contributed by atoms with Crippen molar-refractivity contribution in [1.29, 1.82) is 0 Å². The Balaban J connectivity index is 0.000000574. The summed E-state index contributed by atoms with van der Waals surface area (Å²) >= 11 is 0. The van der Waals surface area contributed by atoms with Crippen molar-refractivity contribution in [3.05, 3.63) is 119 Å². The van der Waals surface area contributed by atoms with E-state index in [-0.39, 0.29) is 30.0 Å². The molecule has 3 aliphatic heterocycles. The Morgan fingerprint density at radius 2 is 1.24 bits per heavy atom. The Bertz CT molecular complexity index is 3030. The zero-order chi connectivity index (χ0) is 66.3. The number of carbonyl (C=O) groups excluding carboxylic acids is 7. The standard InChI is InChI=1S/C48H69N7O16.C18H22O/c1-23-8-10-28(11-9-23)42(65)49-32-20-35(61)46(71-17-16-55(5,6)7)52-45(68)38-39(62)24(2)21-54(38)48(70)37(26(4)57)50-43(66)31(41(64)40(63)27-12-14-29(58)15-13-27)19-34(60)33-18-30(59)22-53(33)47(69)36(25(3)56)51-44(32)67;1-3-4-5-14-19-18-12-10-17(11-13-18)16-8-6-15(2)7-9-16/h8-15,24-26,30-33,35-41,46,56-57,59,61-64H,16-22H2,1-7H3,(H4-,49,50,51,52,58,65,66,67,68);6-13H,3-5,14H2,1-2H3/p+1/t24-,25+,26+,30+,31-,32-,33-,35+,36-,37-,38-,39-,40-,41-,46+;/m0./s1. The summed E-state index contributed by atoms with van der Waals surface area (Å²) in [5.74, 6) is -9.41. The van der Waals surface area contributed by atoms with Gasteiger partial charge >= 0.3 is 0 Å². The number of likely N-dealkylation sites (N-methyl/N-ethyl adjacent to an activating group) is 1. The van der Waals surface area contributed by atoms with Crippen molar-refractivity contribution < 1.29 is 88.4 Å². The van der Waals surface area contributed by atoms with Gasteiger partial charge in [0.2, 0.25) is 29.5 Å². The maximum atomic E-state index is 14.5. The summed E-state index contributed by atoms with van der Waals surface area (Å²) in [6.45, 7) is 10.1. The van der Waals surface area contributed by atoms with E-state index in [2.05, 4.69) is 83.6 Å². The molecular weight excluding hydrogens is 1160 g/mol. The molecule has 0 aliphatic carbocycles. The van der Waals surface area contributed by atoms with Crippen molar-refractivity contribution in [1.82, 2.24) is 31.1 Å². The molecule has 4 aromatic rings. The second-order valence-electron chi connectivity index (χ2n) is 25.0. The van der Waals surface area contributed by atoms with Gasteiger partial charge in [0.15, 0.2) is 12.0 Å². The molecule has 0 radical (unpaired) electrons. The van der Waals surface area contributed by atoms with E-state index in [4.69, 9.17) is 9.47 Å². The van der Waals surface area contributed by atoms with Crippen molar-refractivity contribution >= 4 is 41.2 Å². The first-order valence-electron chi connectivity index (χ1n) is 30.7. The van der Waals surface area contributed by atoms with E-state index in [1.165, 1.54) is 72.9 Å². The molecule has 24 heteroatoms. The number of phenolic OH excluding ortho intramolecular Hbond substituents is 1. The number of benzene rings is 4. The number of fused-ring (bicyclic) bond motifs is 2. The molecular formula is C66H92N7O17+. The Kier molecular flexibility index (Phi) is 25.9. The van der Waals surface area contributed by atoms with Gasteiger partial charge in [0.25, 0.3) is 5.91 Å². The summed E-state index contributed by atoms with van der Waals surface area (Å²) in [6.07, 6.45) is -12.5. The monoisotopic (exact) mass is 1250 g/mol. The third-order valence-corrected chi connectivity index (χ3v) is 16.4. The van der Waals surface area contributed by atoms with Gasteiger partial charge in [-0.1, -0.05) is 98.5 Å². The fourth-order valence-corrected chi connectivity index (χ4v) is 10.9. The highest BCUT2D eigenvalue weighted by molar-refractivity contribution is 6.00. The van der Waals surface area contributed by atoms with E-state index < -0.39 is 158 Å². The lowest BCUT2D eigenvalue weighted by Gasteiger charge is -2.34. The lowest BCUT2D eigenvalue weighted by atomic mass is 9.86. The average molecular weight is 1260 g/mol. The number of aliphatic hydroxyl groups excluding tert-OH is 7. The molecule has 0 unspecified atom stereocenters. The van der Waals surface area contributed by atoms with E-state index in [0.29, 0.717) is 11.0 Å². The number of unbranched alkanes of at least 4 members (excludes halogenated alkanes) is 2. The summed E-state index contributed by atoms with van der Waals surface area (Å²) in [5, 5.41) is 99.1. The molecule has 6 amide bonds. The van der Waals surface area contributed by atoms with Gasteiger partial charge in [-0.3, -0.25) is 33.6 Å². The van der Waals surface area contributed by atoms with Crippen LogP contribution in [0.5, 0.6) is 11.5 Å². The van der Waals surface area contributed by atoms with Gasteiger partial charge in [-0.25, -0.2) is 0 Å². The van der Waals surface area contributed by atoms with Gasteiger partial charge in [0, 0.05) is 43.8 Å². The molecule has 3 saturated heterocycles. The van der Waals surface area contributed by atoms with Gasteiger partial charge in [0.1, 0.15) is 54.4 Å². The van der Waals surface area contributed by atoms with Crippen LogP contribution in [0.2, 0.25) is 0 Å².